The third-order valence-corrected chi connectivity index (χ3v) is 5.26. The predicted octanol–water partition coefficient (Wildman–Crippen LogP) is 7.30. The minimum Gasteiger partial charge on any atom is -0.457 e. The number of allylic oxidation sites excluding steroid dienone is 4. The van der Waals surface area contributed by atoms with Crippen molar-refractivity contribution in [2.24, 2.45) is 0 Å². The molecule has 0 aromatic heterocycles. The SMILES string of the molecule is CCC/C=C\C/C=C\CCCCCCCCOCC(CO)OC(=O)CCCCCCC. The zero-order valence-corrected chi connectivity index (χ0v) is 20.5. The molecule has 0 aliphatic rings. The first-order chi connectivity index (χ1) is 15.2. The fraction of sp³-hybridized carbons (Fsp3) is 0.815. The summed E-state index contributed by atoms with van der Waals surface area (Å²) in [6.45, 7) is 5.16. The summed E-state index contributed by atoms with van der Waals surface area (Å²) in [6, 6.07) is 0. The third-order valence-electron chi connectivity index (χ3n) is 5.26. The van der Waals surface area contributed by atoms with Crippen molar-refractivity contribution in [3.8, 4) is 0 Å². The summed E-state index contributed by atoms with van der Waals surface area (Å²) < 4.78 is 10.9. The van der Waals surface area contributed by atoms with Crippen molar-refractivity contribution >= 4 is 5.97 Å². The molecule has 0 radical (unpaired) electrons. The lowest BCUT2D eigenvalue weighted by Crippen LogP contribution is -2.27. The van der Waals surface area contributed by atoms with Crippen molar-refractivity contribution in [2.45, 2.75) is 123 Å². The van der Waals surface area contributed by atoms with Crippen molar-refractivity contribution in [3.63, 3.8) is 0 Å². The average molecular weight is 439 g/mol. The molecule has 0 saturated heterocycles. The van der Waals surface area contributed by atoms with Gasteiger partial charge in [-0.3, -0.25) is 4.79 Å². The highest BCUT2D eigenvalue weighted by molar-refractivity contribution is 5.69. The standard InChI is InChI=1S/C27H50O4/c1-3-5-7-9-10-11-12-13-14-15-16-17-19-21-23-30-25-26(24-28)31-27(29)22-20-18-8-6-4-2/h7,9,11-12,26,28H,3-6,8,10,13-25H2,1-2H3/b9-7-,12-11-. The van der Waals surface area contributed by atoms with Crippen LogP contribution in [-0.2, 0) is 14.3 Å². The van der Waals surface area contributed by atoms with Gasteiger partial charge in [-0.2, -0.15) is 0 Å². The van der Waals surface area contributed by atoms with Gasteiger partial charge in [0.05, 0.1) is 13.2 Å². The molecule has 0 amide bonds. The number of unbranched alkanes of at least 4 members (excludes halogenated alkanes) is 11. The van der Waals surface area contributed by atoms with Crippen LogP contribution >= 0.6 is 0 Å². The first kappa shape index (κ1) is 29.9. The van der Waals surface area contributed by atoms with E-state index in [9.17, 15) is 9.90 Å². The molecule has 1 unspecified atom stereocenters. The molecule has 0 aromatic rings. The summed E-state index contributed by atoms with van der Waals surface area (Å²) in [4.78, 5) is 11.8. The minimum atomic E-state index is -0.529. The molecule has 0 rings (SSSR count). The second kappa shape index (κ2) is 25.1. The van der Waals surface area contributed by atoms with Crippen LogP contribution in [0.2, 0.25) is 0 Å². The number of carbonyl (C=O) groups is 1. The summed E-state index contributed by atoms with van der Waals surface area (Å²) in [7, 11) is 0. The van der Waals surface area contributed by atoms with Crippen molar-refractivity contribution < 1.29 is 19.4 Å². The summed E-state index contributed by atoms with van der Waals surface area (Å²) in [5.41, 5.74) is 0. The number of esters is 1. The number of hydrogen-bond acceptors (Lipinski definition) is 4. The largest absolute Gasteiger partial charge is 0.457 e. The number of aliphatic hydroxyl groups excluding tert-OH is 1. The Bertz CT molecular complexity index is 431. The lowest BCUT2D eigenvalue weighted by molar-refractivity contribution is -0.154. The van der Waals surface area contributed by atoms with Crippen molar-refractivity contribution in [1.82, 2.24) is 0 Å². The Morgan fingerprint density at radius 3 is 2.13 bits per heavy atom. The molecular formula is C27H50O4. The maximum Gasteiger partial charge on any atom is 0.306 e. The molecule has 0 bridgehead atoms. The molecule has 1 N–H and O–H groups in total. The van der Waals surface area contributed by atoms with E-state index in [1.165, 1.54) is 70.6 Å². The Morgan fingerprint density at radius 2 is 1.42 bits per heavy atom. The molecule has 31 heavy (non-hydrogen) atoms. The van der Waals surface area contributed by atoms with Crippen LogP contribution < -0.4 is 0 Å². The van der Waals surface area contributed by atoms with E-state index in [1.807, 2.05) is 0 Å². The van der Waals surface area contributed by atoms with Crippen LogP contribution in [0.5, 0.6) is 0 Å². The zero-order chi connectivity index (χ0) is 22.8. The number of rotatable bonds is 23. The van der Waals surface area contributed by atoms with Crippen LogP contribution in [0, 0.1) is 0 Å². The highest BCUT2D eigenvalue weighted by atomic mass is 16.6. The minimum absolute atomic E-state index is 0.176. The Kier molecular flexibility index (Phi) is 24.2. The Hall–Kier alpha value is -1.13. The Morgan fingerprint density at radius 1 is 0.774 bits per heavy atom. The van der Waals surface area contributed by atoms with Crippen LogP contribution in [0.15, 0.2) is 24.3 Å². The monoisotopic (exact) mass is 438 g/mol. The summed E-state index contributed by atoms with van der Waals surface area (Å²) in [6.07, 6.45) is 26.5. The lowest BCUT2D eigenvalue weighted by Gasteiger charge is -2.15. The van der Waals surface area contributed by atoms with Gasteiger partial charge in [0.25, 0.3) is 0 Å². The molecular weight excluding hydrogens is 388 g/mol. The van der Waals surface area contributed by atoms with E-state index in [0.29, 0.717) is 13.0 Å². The van der Waals surface area contributed by atoms with Crippen molar-refractivity contribution in [3.05, 3.63) is 24.3 Å². The molecule has 4 nitrogen and oxygen atoms in total. The number of aliphatic hydroxyl groups is 1. The first-order valence-corrected chi connectivity index (χ1v) is 12.9. The van der Waals surface area contributed by atoms with Gasteiger partial charge in [0.2, 0.25) is 0 Å². The molecule has 0 aromatic carbocycles. The van der Waals surface area contributed by atoms with E-state index in [4.69, 9.17) is 9.47 Å². The smallest absolute Gasteiger partial charge is 0.306 e. The number of carbonyl (C=O) groups excluding carboxylic acids is 1. The second-order valence-electron chi connectivity index (χ2n) is 8.41. The van der Waals surface area contributed by atoms with Gasteiger partial charge in [0.1, 0.15) is 6.10 Å². The average Bonchev–Trinajstić information content (AvgIpc) is 2.77. The maximum absolute atomic E-state index is 11.8. The summed E-state index contributed by atoms with van der Waals surface area (Å²) in [5, 5.41) is 9.38. The van der Waals surface area contributed by atoms with Crippen LogP contribution in [0.1, 0.15) is 117 Å². The number of hydrogen-bond donors (Lipinski definition) is 1. The van der Waals surface area contributed by atoms with E-state index < -0.39 is 6.10 Å². The normalized spacial score (nSPS) is 12.7. The van der Waals surface area contributed by atoms with Gasteiger partial charge >= 0.3 is 5.97 Å². The molecule has 0 fully saturated rings. The first-order valence-electron chi connectivity index (χ1n) is 12.9. The van der Waals surface area contributed by atoms with E-state index in [-0.39, 0.29) is 19.2 Å². The van der Waals surface area contributed by atoms with Gasteiger partial charge in [-0.15, -0.1) is 0 Å². The molecule has 182 valence electrons. The second-order valence-corrected chi connectivity index (χ2v) is 8.41. The molecule has 0 heterocycles. The highest BCUT2D eigenvalue weighted by Crippen LogP contribution is 2.09. The molecule has 0 spiro atoms. The van der Waals surface area contributed by atoms with E-state index in [0.717, 1.165) is 25.7 Å². The third kappa shape index (κ3) is 23.4. The molecule has 4 heteroatoms. The fourth-order valence-electron chi connectivity index (χ4n) is 3.30. The topological polar surface area (TPSA) is 55.8 Å². The van der Waals surface area contributed by atoms with E-state index >= 15 is 0 Å². The Labute approximate surface area is 192 Å². The van der Waals surface area contributed by atoms with E-state index in [1.54, 1.807) is 0 Å². The summed E-state index contributed by atoms with van der Waals surface area (Å²) >= 11 is 0. The van der Waals surface area contributed by atoms with Crippen LogP contribution in [0.25, 0.3) is 0 Å². The van der Waals surface area contributed by atoms with Crippen molar-refractivity contribution in [2.75, 3.05) is 19.8 Å². The lowest BCUT2D eigenvalue weighted by atomic mass is 10.1. The van der Waals surface area contributed by atoms with Crippen LogP contribution in [-0.4, -0.2) is 37.0 Å². The van der Waals surface area contributed by atoms with Crippen LogP contribution in [0.4, 0.5) is 0 Å². The molecule has 1 atom stereocenters. The van der Waals surface area contributed by atoms with Gasteiger partial charge in [-0.05, 0) is 38.5 Å². The fourth-order valence-corrected chi connectivity index (χ4v) is 3.30. The highest BCUT2D eigenvalue weighted by Gasteiger charge is 2.13. The maximum atomic E-state index is 11.8. The van der Waals surface area contributed by atoms with Gasteiger partial charge in [0, 0.05) is 13.0 Å². The molecule has 0 saturated carbocycles. The predicted molar refractivity (Wildman–Crippen MR) is 131 cm³/mol. The van der Waals surface area contributed by atoms with Crippen molar-refractivity contribution in [1.29, 1.82) is 0 Å². The number of ether oxygens (including phenoxy) is 2. The molecule has 0 aliphatic carbocycles. The van der Waals surface area contributed by atoms with Gasteiger partial charge < -0.3 is 14.6 Å². The summed E-state index contributed by atoms with van der Waals surface area (Å²) in [5.74, 6) is -0.220. The molecule has 0 aliphatic heterocycles. The van der Waals surface area contributed by atoms with E-state index in [2.05, 4.69) is 38.2 Å². The van der Waals surface area contributed by atoms with Crippen LogP contribution in [0.3, 0.4) is 0 Å². The van der Waals surface area contributed by atoms with Gasteiger partial charge in [-0.1, -0.05) is 95.9 Å². The quantitative estimate of drug-likeness (QED) is 0.103. The zero-order valence-electron chi connectivity index (χ0n) is 20.5. The van der Waals surface area contributed by atoms with Gasteiger partial charge in [-0.25, -0.2) is 0 Å². The Balaban J connectivity index is 3.45. The van der Waals surface area contributed by atoms with Gasteiger partial charge in [0.15, 0.2) is 0 Å².